The second kappa shape index (κ2) is 10.4. The van der Waals surface area contributed by atoms with Gasteiger partial charge in [0.25, 0.3) is 11.5 Å². The molecule has 5 heteroatoms. The molecular formula is C33H39N3O2. The molecule has 1 heterocycles. The molecule has 38 heavy (non-hydrogen) atoms. The average molecular weight is 510 g/mol. The summed E-state index contributed by atoms with van der Waals surface area (Å²) in [6, 6.07) is 14.2. The van der Waals surface area contributed by atoms with Gasteiger partial charge in [-0.3, -0.25) is 14.5 Å². The first kappa shape index (κ1) is 26.2. The van der Waals surface area contributed by atoms with Gasteiger partial charge in [0.2, 0.25) is 0 Å². The zero-order chi connectivity index (χ0) is 27.0. The maximum atomic E-state index is 13.4. The predicted molar refractivity (Wildman–Crippen MR) is 157 cm³/mol. The van der Waals surface area contributed by atoms with Crippen molar-refractivity contribution in [2.45, 2.75) is 65.1 Å². The van der Waals surface area contributed by atoms with Crippen molar-refractivity contribution in [3.05, 3.63) is 93.9 Å². The maximum absolute atomic E-state index is 13.4. The summed E-state index contributed by atoms with van der Waals surface area (Å²) >= 11 is 0. The summed E-state index contributed by atoms with van der Waals surface area (Å²) in [5, 5.41) is 4.71. The summed E-state index contributed by atoms with van der Waals surface area (Å²) in [7, 11) is 2.16. The lowest BCUT2D eigenvalue weighted by Gasteiger charge is -2.32. The molecule has 1 fully saturated rings. The third kappa shape index (κ3) is 5.83. The van der Waals surface area contributed by atoms with Crippen LogP contribution < -0.4 is 10.9 Å². The van der Waals surface area contributed by atoms with Gasteiger partial charge in [0.15, 0.2) is 0 Å². The zero-order valence-electron chi connectivity index (χ0n) is 23.3. The summed E-state index contributed by atoms with van der Waals surface area (Å²) < 4.78 is 1.84. The van der Waals surface area contributed by atoms with Crippen molar-refractivity contribution in [3.63, 3.8) is 0 Å². The molecule has 2 aliphatic carbocycles. The molecule has 1 unspecified atom stereocenters. The highest BCUT2D eigenvalue weighted by Crippen LogP contribution is 2.28. The van der Waals surface area contributed by atoms with E-state index in [1.54, 1.807) is 0 Å². The van der Waals surface area contributed by atoms with E-state index >= 15 is 0 Å². The Balaban J connectivity index is 1.32. The number of hydrogen-bond acceptors (Lipinski definition) is 3. The lowest BCUT2D eigenvalue weighted by atomic mass is 9.95. The molecule has 2 aliphatic rings. The van der Waals surface area contributed by atoms with Gasteiger partial charge in [-0.25, -0.2) is 0 Å². The summed E-state index contributed by atoms with van der Waals surface area (Å²) in [6.07, 6.45) is 11.8. The molecule has 1 N–H and O–H groups in total. The van der Waals surface area contributed by atoms with Crippen molar-refractivity contribution in [2.24, 2.45) is 5.92 Å². The molecule has 0 radical (unpaired) electrons. The van der Waals surface area contributed by atoms with Crippen LogP contribution in [-0.4, -0.2) is 40.5 Å². The third-order valence-corrected chi connectivity index (χ3v) is 7.96. The fourth-order valence-electron chi connectivity index (χ4n) is 4.90. The van der Waals surface area contributed by atoms with Gasteiger partial charge in [-0.05, 0) is 118 Å². The molecule has 0 saturated heterocycles. The Bertz CT molecular complexity index is 1480. The first-order valence-corrected chi connectivity index (χ1v) is 13.7. The number of carbonyl (C=O) groups excluding carboxylic acids is 1. The quantitative estimate of drug-likeness (QED) is 0.419. The number of rotatable bonds is 7. The summed E-state index contributed by atoms with van der Waals surface area (Å²) in [5.41, 5.74) is 5.32. The number of likely N-dealkylation sites (N-methyl/N-ethyl adjacent to an activating group) is 1. The Morgan fingerprint density at radius 1 is 1.11 bits per heavy atom. The smallest absolute Gasteiger partial charge is 0.258 e. The van der Waals surface area contributed by atoms with Crippen LogP contribution in [-0.2, 0) is 6.54 Å². The molecule has 1 amide bonds. The number of aromatic nitrogens is 1. The van der Waals surface area contributed by atoms with Gasteiger partial charge in [0.1, 0.15) is 0 Å². The topological polar surface area (TPSA) is 54.3 Å². The molecule has 5 nitrogen and oxygen atoms in total. The van der Waals surface area contributed by atoms with Crippen LogP contribution in [0.4, 0.5) is 0 Å². The number of benzene rings is 2. The summed E-state index contributed by atoms with van der Waals surface area (Å²) in [6.45, 7) is 10.3. The molecule has 2 aromatic carbocycles. The largest absolute Gasteiger partial charge is 0.349 e. The van der Waals surface area contributed by atoms with E-state index in [2.05, 4.69) is 69.3 Å². The van der Waals surface area contributed by atoms with Crippen molar-refractivity contribution >= 4 is 16.7 Å². The Morgan fingerprint density at radius 2 is 1.89 bits per heavy atom. The van der Waals surface area contributed by atoms with Crippen molar-refractivity contribution in [1.82, 2.24) is 14.8 Å². The zero-order valence-corrected chi connectivity index (χ0v) is 23.3. The summed E-state index contributed by atoms with van der Waals surface area (Å²) in [4.78, 5) is 28.3. The number of hydrogen-bond donors (Lipinski definition) is 1. The van der Waals surface area contributed by atoms with E-state index in [0.717, 1.165) is 53.3 Å². The van der Waals surface area contributed by atoms with Crippen LogP contribution in [0.15, 0.2) is 77.3 Å². The number of aryl methyl sites for hydroxylation is 1. The molecule has 1 atom stereocenters. The van der Waals surface area contributed by atoms with E-state index in [-0.39, 0.29) is 17.0 Å². The Labute approximate surface area is 225 Å². The monoisotopic (exact) mass is 509 g/mol. The average Bonchev–Trinajstić information content (AvgIpc) is 3.70. The fraction of sp³-hybridized carbons (Fsp3) is 0.394. The Hall–Kier alpha value is -3.44. The van der Waals surface area contributed by atoms with E-state index in [9.17, 15) is 9.59 Å². The Kier molecular flexibility index (Phi) is 7.15. The van der Waals surface area contributed by atoms with Gasteiger partial charge in [0, 0.05) is 41.8 Å². The SMILES string of the molecule is Cc1ccc(C(=O)NC2CC2)cc1-c1ccc2c(=O)n(CC3C=CC(CN(C)C(C)(C)C)=CC3)ccc2c1. The lowest BCUT2D eigenvalue weighted by molar-refractivity contribution is 0.0951. The van der Waals surface area contributed by atoms with Crippen LogP contribution in [0, 0.1) is 12.8 Å². The molecule has 1 aromatic heterocycles. The van der Waals surface area contributed by atoms with Crippen molar-refractivity contribution < 1.29 is 4.79 Å². The minimum Gasteiger partial charge on any atom is -0.349 e. The van der Waals surface area contributed by atoms with Crippen LogP contribution in [0.1, 0.15) is 56.0 Å². The van der Waals surface area contributed by atoms with E-state index in [0.29, 0.717) is 24.1 Å². The minimum absolute atomic E-state index is 0.0163. The van der Waals surface area contributed by atoms with E-state index < -0.39 is 0 Å². The van der Waals surface area contributed by atoms with Gasteiger partial charge in [-0.1, -0.05) is 30.4 Å². The number of pyridine rings is 1. The fourth-order valence-corrected chi connectivity index (χ4v) is 4.90. The van der Waals surface area contributed by atoms with Crippen LogP contribution in [0.25, 0.3) is 21.9 Å². The number of fused-ring (bicyclic) bond motifs is 1. The number of amides is 1. The number of nitrogens with one attached hydrogen (secondary N) is 1. The first-order valence-electron chi connectivity index (χ1n) is 13.7. The normalized spacial score (nSPS) is 17.6. The van der Waals surface area contributed by atoms with Gasteiger partial charge < -0.3 is 9.88 Å². The van der Waals surface area contributed by atoms with Crippen molar-refractivity contribution in [3.8, 4) is 11.1 Å². The molecule has 0 spiro atoms. The van der Waals surface area contributed by atoms with Gasteiger partial charge >= 0.3 is 0 Å². The van der Waals surface area contributed by atoms with Gasteiger partial charge in [-0.2, -0.15) is 0 Å². The second-order valence-corrected chi connectivity index (χ2v) is 12.0. The standard InChI is InChI=1S/C33H39N3O2/c1-22-6-11-27(31(37)34-28-13-14-28)19-30(22)25-12-15-29-26(18-25)16-17-36(32(29)38)21-24-9-7-23(8-10-24)20-35(5)33(2,3)4/h6-9,11-12,15-19,24,28H,10,13-14,20-21H2,1-5H3,(H,34,37). The molecule has 198 valence electrons. The maximum Gasteiger partial charge on any atom is 0.258 e. The van der Waals surface area contributed by atoms with Crippen LogP contribution >= 0.6 is 0 Å². The number of nitrogens with zero attached hydrogens (tertiary/aromatic N) is 2. The first-order chi connectivity index (χ1) is 18.1. The third-order valence-electron chi connectivity index (χ3n) is 7.96. The highest BCUT2D eigenvalue weighted by atomic mass is 16.1. The van der Waals surface area contributed by atoms with Crippen LogP contribution in [0.3, 0.4) is 0 Å². The molecule has 0 bridgehead atoms. The molecular weight excluding hydrogens is 470 g/mol. The van der Waals surface area contributed by atoms with Crippen molar-refractivity contribution in [1.29, 1.82) is 0 Å². The molecule has 0 aliphatic heterocycles. The van der Waals surface area contributed by atoms with E-state index in [1.807, 2.05) is 47.2 Å². The van der Waals surface area contributed by atoms with Crippen LogP contribution in [0.5, 0.6) is 0 Å². The number of carbonyl (C=O) groups is 1. The predicted octanol–water partition coefficient (Wildman–Crippen LogP) is 6.10. The highest BCUT2D eigenvalue weighted by molar-refractivity contribution is 5.96. The molecule has 5 rings (SSSR count). The summed E-state index contributed by atoms with van der Waals surface area (Å²) in [5.74, 6) is 0.290. The van der Waals surface area contributed by atoms with Gasteiger partial charge in [0.05, 0.1) is 0 Å². The van der Waals surface area contributed by atoms with Crippen molar-refractivity contribution in [2.75, 3.05) is 13.6 Å². The lowest BCUT2D eigenvalue weighted by Crippen LogP contribution is -2.39. The van der Waals surface area contributed by atoms with E-state index in [4.69, 9.17) is 0 Å². The molecule has 3 aromatic rings. The minimum atomic E-state index is -0.0163. The number of allylic oxidation sites excluding steroid dienone is 2. The second-order valence-electron chi connectivity index (χ2n) is 12.0. The van der Waals surface area contributed by atoms with E-state index in [1.165, 1.54) is 5.57 Å². The highest BCUT2D eigenvalue weighted by Gasteiger charge is 2.24. The molecule has 1 saturated carbocycles. The van der Waals surface area contributed by atoms with Gasteiger partial charge in [-0.15, -0.1) is 0 Å². The Morgan fingerprint density at radius 3 is 2.58 bits per heavy atom. The van der Waals surface area contributed by atoms with Crippen LogP contribution in [0.2, 0.25) is 0 Å².